The molecule has 0 bridgehead atoms. The third kappa shape index (κ3) is 2.39. The molecule has 0 saturated carbocycles. The molecule has 2 nitrogen and oxygen atoms in total. The van der Waals surface area contributed by atoms with Crippen LogP contribution in [0.2, 0.25) is 0 Å². The summed E-state index contributed by atoms with van der Waals surface area (Å²) in [5, 5.41) is 0. The van der Waals surface area contributed by atoms with Crippen LogP contribution in [0, 0.1) is 5.92 Å². The molecule has 1 heterocycles. The molecule has 1 unspecified atom stereocenters. The first-order valence-electron chi connectivity index (χ1n) is 5.32. The summed E-state index contributed by atoms with van der Waals surface area (Å²) in [4.78, 5) is 4.76. The molecule has 1 aliphatic heterocycles. The van der Waals surface area contributed by atoms with Gasteiger partial charge < -0.3 is 9.80 Å². The van der Waals surface area contributed by atoms with E-state index in [1.165, 1.54) is 19.4 Å². The van der Waals surface area contributed by atoms with Crippen molar-refractivity contribution in [3.8, 4) is 0 Å². The van der Waals surface area contributed by atoms with Crippen molar-refractivity contribution in [3.63, 3.8) is 0 Å². The Morgan fingerprint density at radius 2 is 2.00 bits per heavy atom. The van der Waals surface area contributed by atoms with Gasteiger partial charge in [0.05, 0.1) is 0 Å². The molecule has 0 aromatic heterocycles. The number of rotatable bonds is 4. The van der Waals surface area contributed by atoms with Gasteiger partial charge in [0.2, 0.25) is 0 Å². The quantitative estimate of drug-likeness (QED) is 0.659. The van der Waals surface area contributed by atoms with Gasteiger partial charge in [-0.05, 0) is 12.3 Å². The standard InChI is InChI=1S/C11H22N2/c1-5-6-7-13-9-8-12(4)11(13)10(2)3/h8-11H,5-7H2,1-4H3. The van der Waals surface area contributed by atoms with Crippen LogP contribution in [0.5, 0.6) is 0 Å². The Bertz CT molecular complexity index is 175. The molecule has 2 heteroatoms. The molecule has 0 aromatic rings. The molecular weight excluding hydrogens is 160 g/mol. The summed E-state index contributed by atoms with van der Waals surface area (Å²) in [6.07, 6.45) is 7.55. The molecule has 13 heavy (non-hydrogen) atoms. The fourth-order valence-electron chi connectivity index (χ4n) is 2.00. The average molecular weight is 182 g/mol. The highest BCUT2D eigenvalue weighted by Crippen LogP contribution is 2.21. The molecule has 1 atom stereocenters. The van der Waals surface area contributed by atoms with E-state index in [9.17, 15) is 0 Å². The molecule has 0 radical (unpaired) electrons. The molecular formula is C11H22N2. The van der Waals surface area contributed by atoms with Crippen LogP contribution in [0.1, 0.15) is 33.6 Å². The van der Waals surface area contributed by atoms with E-state index < -0.39 is 0 Å². The lowest BCUT2D eigenvalue weighted by Crippen LogP contribution is -2.41. The maximum Gasteiger partial charge on any atom is 0.103 e. The topological polar surface area (TPSA) is 6.48 Å². The Hall–Kier alpha value is -0.660. The molecule has 0 aliphatic carbocycles. The Labute approximate surface area is 82.2 Å². The van der Waals surface area contributed by atoms with Gasteiger partial charge in [-0.1, -0.05) is 27.2 Å². The van der Waals surface area contributed by atoms with Crippen LogP contribution in [0.4, 0.5) is 0 Å². The second-order valence-corrected chi connectivity index (χ2v) is 4.21. The molecule has 76 valence electrons. The van der Waals surface area contributed by atoms with E-state index >= 15 is 0 Å². The van der Waals surface area contributed by atoms with Crippen LogP contribution in [-0.4, -0.2) is 29.6 Å². The number of nitrogens with zero attached hydrogens (tertiary/aromatic N) is 2. The number of hydrogen-bond donors (Lipinski definition) is 0. The minimum absolute atomic E-state index is 0.576. The summed E-state index contributed by atoms with van der Waals surface area (Å²) < 4.78 is 0. The van der Waals surface area contributed by atoms with E-state index in [1.54, 1.807) is 0 Å². The first kappa shape index (κ1) is 10.4. The Morgan fingerprint density at radius 1 is 1.31 bits per heavy atom. The van der Waals surface area contributed by atoms with Crippen molar-refractivity contribution in [2.45, 2.75) is 39.8 Å². The van der Waals surface area contributed by atoms with E-state index in [0.29, 0.717) is 12.1 Å². The van der Waals surface area contributed by atoms with Crippen molar-refractivity contribution >= 4 is 0 Å². The van der Waals surface area contributed by atoms with Crippen molar-refractivity contribution in [1.82, 2.24) is 9.80 Å². The summed E-state index contributed by atoms with van der Waals surface area (Å²) in [7, 11) is 2.16. The van der Waals surface area contributed by atoms with Crippen molar-refractivity contribution in [2.24, 2.45) is 5.92 Å². The Morgan fingerprint density at radius 3 is 2.54 bits per heavy atom. The molecule has 0 amide bonds. The van der Waals surface area contributed by atoms with E-state index in [2.05, 4.69) is 50.0 Å². The Balaban J connectivity index is 2.48. The van der Waals surface area contributed by atoms with Crippen molar-refractivity contribution in [3.05, 3.63) is 12.4 Å². The smallest absolute Gasteiger partial charge is 0.103 e. The summed E-state index contributed by atoms with van der Waals surface area (Å²) in [6, 6.07) is 0. The zero-order valence-corrected chi connectivity index (χ0v) is 9.33. The summed E-state index contributed by atoms with van der Waals surface area (Å²) in [6.45, 7) is 8.01. The average Bonchev–Trinajstić information content (AvgIpc) is 2.43. The highest BCUT2D eigenvalue weighted by atomic mass is 15.4. The van der Waals surface area contributed by atoms with Crippen molar-refractivity contribution < 1.29 is 0 Å². The normalized spacial score (nSPS) is 22.1. The van der Waals surface area contributed by atoms with E-state index in [0.717, 1.165) is 0 Å². The lowest BCUT2D eigenvalue weighted by atomic mass is 10.1. The Kier molecular flexibility index (Phi) is 3.64. The predicted octanol–water partition coefficient (Wildman–Crippen LogP) is 2.49. The second kappa shape index (κ2) is 4.54. The van der Waals surface area contributed by atoms with Gasteiger partial charge in [-0.2, -0.15) is 0 Å². The van der Waals surface area contributed by atoms with Crippen LogP contribution in [0.3, 0.4) is 0 Å². The lowest BCUT2D eigenvalue weighted by molar-refractivity contribution is 0.126. The molecule has 0 N–H and O–H groups in total. The maximum absolute atomic E-state index is 2.45. The van der Waals surface area contributed by atoms with Gasteiger partial charge in [-0.15, -0.1) is 0 Å². The van der Waals surface area contributed by atoms with Gasteiger partial charge in [-0.25, -0.2) is 0 Å². The van der Waals surface area contributed by atoms with Gasteiger partial charge in [0, 0.05) is 26.0 Å². The van der Waals surface area contributed by atoms with Crippen molar-refractivity contribution in [2.75, 3.05) is 13.6 Å². The predicted molar refractivity (Wildman–Crippen MR) is 57.1 cm³/mol. The molecule has 0 fully saturated rings. The van der Waals surface area contributed by atoms with E-state index in [-0.39, 0.29) is 0 Å². The van der Waals surface area contributed by atoms with Gasteiger partial charge in [0.15, 0.2) is 0 Å². The van der Waals surface area contributed by atoms with E-state index in [1.807, 2.05) is 0 Å². The second-order valence-electron chi connectivity index (χ2n) is 4.21. The largest absolute Gasteiger partial charge is 0.359 e. The fraction of sp³-hybridized carbons (Fsp3) is 0.818. The zero-order valence-electron chi connectivity index (χ0n) is 9.33. The highest BCUT2D eigenvalue weighted by Gasteiger charge is 2.25. The van der Waals surface area contributed by atoms with Gasteiger partial charge in [0.25, 0.3) is 0 Å². The monoisotopic (exact) mass is 182 g/mol. The first-order chi connectivity index (χ1) is 6.16. The van der Waals surface area contributed by atoms with Gasteiger partial charge in [-0.3, -0.25) is 0 Å². The third-order valence-electron chi connectivity index (χ3n) is 2.62. The van der Waals surface area contributed by atoms with Crippen LogP contribution in [-0.2, 0) is 0 Å². The van der Waals surface area contributed by atoms with Crippen LogP contribution in [0.15, 0.2) is 12.4 Å². The summed E-state index contributed by atoms with van der Waals surface area (Å²) in [5.41, 5.74) is 0. The summed E-state index contributed by atoms with van der Waals surface area (Å²) in [5.74, 6) is 0.692. The molecule has 0 saturated heterocycles. The van der Waals surface area contributed by atoms with Gasteiger partial charge in [0.1, 0.15) is 6.17 Å². The van der Waals surface area contributed by atoms with Crippen LogP contribution < -0.4 is 0 Å². The minimum Gasteiger partial charge on any atom is -0.359 e. The molecule has 1 rings (SSSR count). The highest BCUT2D eigenvalue weighted by molar-refractivity contribution is 4.96. The zero-order chi connectivity index (χ0) is 9.84. The van der Waals surface area contributed by atoms with Crippen LogP contribution in [0.25, 0.3) is 0 Å². The summed E-state index contributed by atoms with van der Waals surface area (Å²) >= 11 is 0. The molecule has 0 spiro atoms. The molecule has 0 aromatic carbocycles. The lowest BCUT2D eigenvalue weighted by Gasteiger charge is -2.33. The maximum atomic E-state index is 2.45. The fourth-order valence-corrected chi connectivity index (χ4v) is 2.00. The SMILES string of the molecule is CCCCN1C=CN(C)C1C(C)C. The van der Waals surface area contributed by atoms with Gasteiger partial charge >= 0.3 is 0 Å². The van der Waals surface area contributed by atoms with Crippen LogP contribution >= 0.6 is 0 Å². The minimum atomic E-state index is 0.576. The number of unbranched alkanes of at least 4 members (excludes halogenated alkanes) is 1. The van der Waals surface area contributed by atoms with E-state index in [4.69, 9.17) is 0 Å². The number of hydrogen-bond acceptors (Lipinski definition) is 2. The third-order valence-corrected chi connectivity index (χ3v) is 2.62. The first-order valence-corrected chi connectivity index (χ1v) is 5.32. The molecule has 1 aliphatic rings. The van der Waals surface area contributed by atoms with Crippen molar-refractivity contribution in [1.29, 1.82) is 0 Å².